The number of benzene rings is 1. The van der Waals surface area contributed by atoms with E-state index in [0.29, 0.717) is 5.02 Å². The Labute approximate surface area is 171 Å². The Balaban J connectivity index is 1.93. The Morgan fingerprint density at radius 1 is 1.21 bits per heavy atom. The first-order chi connectivity index (χ1) is 13.0. The third-order valence-electron chi connectivity index (χ3n) is 5.08. The minimum Gasteiger partial charge on any atom is -0.496 e. The van der Waals surface area contributed by atoms with Gasteiger partial charge in [0.1, 0.15) is 34.0 Å². The number of nitrogens with one attached hydrogen (secondary N) is 1. The summed E-state index contributed by atoms with van der Waals surface area (Å²) in [6, 6.07) is 1.99. The summed E-state index contributed by atoms with van der Waals surface area (Å²) in [6.07, 6.45) is 0. The summed E-state index contributed by atoms with van der Waals surface area (Å²) >= 11 is 7.37. The van der Waals surface area contributed by atoms with Gasteiger partial charge in [0, 0.05) is 9.77 Å². The summed E-state index contributed by atoms with van der Waals surface area (Å²) in [5.74, 6) is -1.67. The molecule has 2 aliphatic heterocycles. The van der Waals surface area contributed by atoms with E-state index >= 15 is 0 Å². The molecule has 2 amide bonds. The maximum Gasteiger partial charge on any atom is 0.327 e. The molecule has 152 valence electrons. The normalized spacial score (nSPS) is 27.6. The predicted octanol–water partition coefficient (Wildman–Crippen LogP) is 1.99. The highest BCUT2D eigenvalue weighted by Gasteiger charge is 2.70. The van der Waals surface area contributed by atoms with Gasteiger partial charge in [-0.05, 0) is 32.9 Å². The van der Waals surface area contributed by atoms with Crippen LogP contribution >= 0.6 is 23.4 Å². The van der Waals surface area contributed by atoms with Gasteiger partial charge in [0.2, 0.25) is 0 Å². The quantitative estimate of drug-likeness (QED) is 0.691. The number of carbonyl (C=O) groups is 3. The zero-order chi connectivity index (χ0) is 21.0. The van der Waals surface area contributed by atoms with Crippen LogP contribution in [-0.2, 0) is 9.59 Å². The largest absolute Gasteiger partial charge is 0.496 e. The van der Waals surface area contributed by atoms with E-state index in [1.165, 1.54) is 43.0 Å². The number of carbonyl (C=O) groups excluding carboxylic acids is 2. The predicted molar refractivity (Wildman–Crippen MR) is 104 cm³/mol. The molecule has 1 aromatic rings. The summed E-state index contributed by atoms with van der Waals surface area (Å²) in [5.41, 5.74) is -1.14. The van der Waals surface area contributed by atoms with Crippen LogP contribution in [0.2, 0.25) is 5.02 Å². The lowest BCUT2D eigenvalue weighted by Crippen LogP contribution is -2.78. The summed E-state index contributed by atoms with van der Waals surface area (Å²) < 4.78 is 9.80. The second kappa shape index (κ2) is 6.73. The van der Waals surface area contributed by atoms with Gasteiger partial charge in [-0.2, -0.15) is 0 Å². The van der Waals surface area contributed by atoms with Crippen LogP contribution in [0.25, 0.3) is 0 Å². The molecule has 2 heterocycles. The zero-order valence-electron chi connectivity index (χ0n) is 16.0. The van der Waals surface area contributed by atoms with Crippen molar-refractivity contribution in [3.05, 3.63) is 22.7 Å². The van der Waals surface area contributed by atoms with Crippen LogP contribution in [0.4, 0.5) is 0 Å². The van der Waals surface area contributed by atoms with Crippen LogP contribution in [0.15, 0.2) is 12.1 Å². The van der Waals surface area contributed by atoms with Gasteiger partial charge in [0.15, 0.2) is 0 Å². The van der Waals surface area contributed by atoms with E-state index in [-0.39, 0.29) is 17.1 Å². The molecule has 10 heteroatoms. The fourth-order valence-corrected chi connectivity index (χ4v) is 5.58. The topological polar surface area (TPSA) is 105 Å². The van der Waals surface area contributed by atoms with Gasteiger partial charge in [-0.25, -0.2) is 4.79 Å². The van der Waals surface area contributed by atoms with Crippen LogP contribution in [0.1, 0.15) is 31.1 Å². The van der Waals surface area contributed by atoms with Crippen LogP contribution < -0.4 is 14.8 Å². The molecular formula is C18H21ClN2O6S. The molecule has 0 spiro atoms. The summed E-state index contributed by atoms with van der Waals surface area (Å²) in [5, 5.41) is 12.1. The lowest BCUT2D eigenvalue weighted by atomic mass is 9.86. The molecule has 3 atom stereocenters. The number of β-lactam (4-membered cyclic amide) rings is 1. The summed E-state index contributed by atoms with van der Waals surface area (Å²) in [6.45, 7) is 5.14. The molecule has 2 N–H and O–H groups in total. The Bertz CT molecular complexity index is 851. The van der Waals surface area contributed by atoms with Gasteiger partial charge >= 0.3 is 5.97 Å². The number of halogens is 1. The lowest BCUT2D eigenvalue weighted by Gasteiger charge is -2.51. The molecule has 0 aromatic heterocycles. The molecule has 0 bridgehead atoms. The van der Waals surface area contributed by atoms with Gasteiger partial charge < -0.3 is 24.8 Å². The molecule has 0 radical (unpaired) electrons. The summed E-state index contributed by atoms with van der Waals surface area (Å²) in [4.78, 5) is 38.9. The molecule has 0 aliphatic carbocycles. The fraction of sp³-hybridized carbons (Fsp3) is 0.500. The molecule has 28 heavy (non-hydrogen) atoms. The first kappa shape index (κ1) is 20.6. The number of nitrogens with zero attached hydrogens (tertiary/aromatic N) is 1. The molecule has 2 saturated heterocycles. The van der Waals surface area contributed by atoms with Gasteiger partial charge in [-0.1, -0.05) is 11.6 Å². The molecular weight excluding hydrogens is 408 g/mol. The third kappa shape index (κ3) is 2.88. The Hall–Kier alpha value is -2.13. The number of carboxylic acid groups (broad SMARTS) is 1. The molecule has 2 fully saturated rings. The van der Waals surface area contributed by atoms with E-state index in [0.717, 1.165) is 0 Å². The monoisotopic (exact) mass is 428 g/mol. The maximum absolute atomic E-state index is 13.0. The highest BCUT2D eigenvalue weighted by Crippen LogP contribution is 2.54. The number of ether oxygens (including phenoxy) is 2. The van der Waals surface area contributed by atoms with Gasteiger partial charge in [-0.3, -0.25) is 9.59 Å². The van der Waals surface area contributed by atoms with E-state index in [2.05, 4.69) is 5.32 Å². The Morgan fingerprint density at radius 2 is 1.75 bits per heavy atom. The highest BCUT2D eigenvalue weighted by molar-refractivity contribution is 8.01. The Morgan fingerprint density at radius 3 is 2.21 bits per heavy atom. The average molecular weight is 429 g/mol. The van der Waals surface area contributed by atoms with Crippen molar-refractivity contribution in [2.45, 2.75) is 42.5 Å². The SMILES string of the molecule is COc1cc(Cl)cc(OC)c1C(=O)N[C@@]1(C)C(=O)N2[C@@H](C(=O)O)C(C)(C)S[C@@H]21. The number of aliphatic carboxylic acids is 1. The van der Waals surface area contributed by atoms with Crippen molar-refractivity contribution in [2.24, 2.45) is 0 Å². The number of carboxylic acids is 1. The van der Waals surface area contributed by atoms with Gasteiger partial charge in [0.25, 0.3) is 11.8 Å². The minimum atomic E-state index is -1.25. The Kier molecular flexibility index (Phi) is 4.95. The van der Waals surface area contributed by atoms with Crippen molar-refractivity contribution in [1.29, 1.82) is 0 Å². The van der Waals surface area contributed by atoms with E-state index in [1.807, 2.05) is 0 Å². The molecule has 0 saturated carbocycles. The standard InChI is InChI=1S/C18H21ClN2O6S/c1-17(2)12(14(23)24)21-15(25)18(3,16(21)28-17)20-13(22)11-9(26-4)6-8(19)7-10(11)27-5/h6-7,12,16H,1-5H3,(H,20,22)(H,23,24)/t12-,16+,18-/m0/s1. The van der Waals surface area contributed by atoms with Crippen molar-refractivity contribution >= 4 is 41.1 Å². The number of thioether (sulfide) groups is 1. The zero-order valence-corrected chi connectivity index (χ0v) is 17.6. The number of rotatable bonds is 5. The third-order valence-corrected chi connectivity index (χ3v) is 7.05. The lowest BCUT2D eigenvalue weighted by molar-refractivity contribution is -0.165. The van der Waals surface area contributed by atoms with Crippen LogP contribution in [0, 0.1) is 0 Å². The number of fused-ring (bicyclic) bond motifs is 1. The average Bonchev–Trinajstić information content (AvgIpc) is 2.89. The molecule has 0 unspecified atom stereocenters. The second-order valence-electron chi connectivity index (χ2n) is 7.37. The maximum atomic E-state index is 13.0. The number of amides is 2. The van der Waals surface area contributed by atoms with Crippen molar-refractivity contribution < 1.29 is 29.0 Å². The van der Waals surface area contributed by atoms with E-state index < -0.39 is 39.5 Å². The highest BCUT2D eigenvalue weighted by atomic mass is 35.5. The van der Waals surface area contributed by atoms with Gasteiger partial charge in [-0.15, -0.1) is 11.8 Å². The molecule has 8 nitrogen and oxygen atoms in total. The van der Waals surface area contributed by atoms with Crippen molar-refractivity contribution in [3.63, 3.8) is 0 Å². The fourth-order valence-electron chi connectivity index (χ4n) is 3.74. The van der Waals surface area contributed by atoms with Gasteiger partial charge in [0.05, 0.1) is 14.2 Å². The smallest absolute Gasteiger partial charge is 0.327 e. The van der Waals surface area contributed by atoms with Crippen LogP contribution in [-0.4, -0.2) is 63.7 Å². The molecule has 1 aromatic carbocycles. The second-order valence-corrected chi connectivity index (χ2v) is 9.54. The van der Waals surface area contributed by atoms with E-state index in [9.17, 15) is 19.5 Å². The van der Waals surface area contributed by atoms with Crippen molar-refractivity contribution in [1.82, 2.24) is 10.2 Å². The minimum absolute atomic E-state index is 0.110. The van der Waals surface area contributed by atoms with Crippen molar-refractivity contribution in [3.8, 4) is 11.5 Å². The molecule has 2 aliphatic rings. The van der Waals surface area contributed by atoms with Crippen LogP contribution in [0.3, 0.4) is 0 Å². The van der Waals surface area contributed by atoms with E-state index in [4.69, 9.17) is 21.1 Å². The number of hydrogen-bond donors (Lipinski definition) is 2. The van der Waals surface area contributed by atoms with Crippen molar-refractivity contribution in [2.75, 3.05) is 14.2 Å². The number of methoxy groups -OCH3 is 2. The summed E-state index contributed by atoms with van der Waals surface area (Å²) in [7, 11) is 2.79. The molecule has 3 rings (SSSR count). The van der Waals surface area contributed by atoms with E-state index in [1.54, 1.807) is 20.8 Å². The first-order valence-corrected chi connectivity index (χ1v) is 9.71. The first-order valence-electron chi connectivity index (χ1n) is 8.45. The van der Waals surface area contributed by atoms with Crippen LogP contribution in [0.5, 0.6) is 11.5 Å². The number of hydrogen-bond acceptors (Lipinski definition) is 6.